The van der Waals surface area contributed by atoms with Gasteiger partial charge in [0.05, 0.1) is 6.61 Å². The first kappa shape index (κ1) is 15.7. The molecule has 0 atom stereocenters. The fourth-order valence-corrected chi connectivity index (χ4v) is 2.43. The SMILES string of the molecule is COCCN(CC(=O)O)C(=O)CCCc1cccs1. The molecular formula is C13H19NO4S. The van der Waals surface area contributed by atoms with Crippen LogP contribution in [0.5, 0.6) is 0 Å². The molecule has 1 aromatic heterocycles. The highest BCUT2D eigenvalue weighted by molar-refractivity contribution is 7.09. The smallest absolute Gasteiger partial charge is 0.323 e. The Hall–Kier alpha value is -1.40. The first-order valence-corrected chi connectivity index (χ1v) is 7.02. The Morgan fingerprint density at radius 1 is 1.47 bits per heavy atom. The van der Waals surface area contributed by atoms with Crippen LogP contribution in [-0.2, 0) is 20.7 Å². The summed E-state index contributed by atoms with van der Waals surface area (Å²) >= 11 is 1.67. The van der Waals surface area contributed by atoms with Crippen molar-refractivity contribution in [3.05, 3.63) is 22.4 Å². The standard InChI is InChI=1S/C13H19NO4S/c1-18-8-7-14(10-13(16)17)12(15)6-2-4-11-5-3-9-19-11/h3,5,9H,2,4,6-8,10H2,1H3,(H,16,17). The summed E-state index contributed by atoms with van der Waals surface area (Å²) in [7, 11) is 1.53. The summed E-state index contributed by atoms with van der Waals surface area (Å²) in [4.78, 5) is 25.2. The zero-order chi connectivity index (χ0) is 14.1. The first-order valence-electron chi connectivity index (χ1n) is 6.14. The van der Waals surface area contributed by atoms with Gasteiger partial charge in [-0.05, 0) is 24.3 Å². The molecule has 0 aliphatic carbocycles. The Morgan fingerprint density at radius 3 is 2.84 bits per heavy atom. The Kier molecular flexibility index (Phi) is 7.14. The fourth-order valence-electron chi connectivity index (χ4n) is 1.68. The third-order valence-corrected chi connectivity index (χ3v) is 3.57. The topological polar surface area (TPSA) is 66.8 Å². The van der Waals surface area contributed by atoms with Crippen molar-refractivity contribution in [1.29, 1.82) is 0 Å². The molecule has 106 valence electrons. The number of aliphatic carboxylic acids is 1. The second-order valence-electron chi connectivity index (χ2n) is 4.13. The molecule has 1 heterocycles. The van der Waals surface area contributed by atoms with E-state index in [1.807, 2.05) is 17.5 Å². The Labute approximate surface area is 116 Å². The van der Waals surface area contributed by atoms with Crippen molar-refractivity contribution in [1.82, 2.24) is 4.90 Å². The second kappa shape index (κ2) is 8.66. The number of aryl methyl sites for hydroxylation is 1. The number of rotatable bonds is 9. The molecule has 1 amide bonds. The van der Waals surface area contributed by atoms with Crippen LogP contribution in [0.25, 0.3) is 0 Å². The van der Waals surface area contributed by atoms with Crippen molar-refractivity contribution in [2.45, 2.75) is 19.3 Å². The summed E-state index contributed by atoms with van der Waals surface area (Å²) in [5, 5.41) is 10.8. The van der Waals surface area contributed by atoms with E-state index in [0.29, 0.717) is 19.6 Å². The third kappa shape index (κ3) is 6.35. The number of nitrogens with zero attached hydrogens (tertiary/aromatic N) is 1. The molecule has 1 rings (SSSR count). The quantitative estimate of drug-likeness (QED) is 0.749. The van der Waals surface area contributed by atoms with E-state index < -0.39 is 5.97 Å². The predicted octanol–water partition coefficient (Wildman–Crippen LogP) is 1.63. The van der Waals surface area contributed by atoms with Gasteiger partial charge in [-0.3, -0.25) is 9.59 Å². The molecule has 0 radical (unpaired) electrons. The highest BCUT2D eigenvalue weighted by Crippen LogP contribution is 2.12. The van der Waals surface area contributed by atoms with E-state index in [4.69, 9.17) is 9.84 Å². The largest absolute Gasteiger partial charge is 0.480 e. The predicted molar refractivity (Wildman–Crippen MR) is 73.3 cm³/mol. The molecule has 6 heteroatoms. The Balaban J connectivity index is 2.35. The van der Waals surface area contributed by atoms with Crippen molar-refractivity contribution < 1.29 is 19.4 Å². The van der Waals surface area contributed by atoms with Crippen LogP contribution in [0.1, 0.15) is 17.7 Å². The van der Waals surface area contributed by atoms with E-state index in [1.54, 1.807) is 11.3 Å². The lowest BCUT2D eigenvalue weighted by Gasteiger charge is -2.20. The summed E-state index contributed by atoms with van der Waals surface area (Å²) in [6.07, 6.45) is 1.96. The first-order chi connectivity index (χ1) is 9.13. The molecule has 1 aromatic rings. The molecule has 0 bridgehead atoms. The van der Waals surface area contributed by atoms with Gasteiger partial charge in [0.15, 0.2) is 0 Å². The summed E-state index contributed by atoms with van der Waals surface area (Å²) in [5.41, 5.74) is 0. The number of hydrogen-bond donors (Lipinski definition) is 1. The van der Waals surface area contributed by atoms with E-state index in [2.05, 4.69) is 0 Å². The molecule has 0 aliphatic rings. The number of ether oxygens (including phenoxy) is 1. The Bertz CT molecular complexity index is 391. The zero-order valence-corrected chi connectivity index (χ0v) is 11.8. The fraction of sp³-hybridized carbons (Fsp3) is 0.538. The summed E-state index contributed by atoms with van der Waals surface area (Å²) < 4.78 is 4.88. The average Bonchev–Trinajstić information content (AvgIpc) is 2.87. The van der Waals surface area contributed by atoms with Gasteiger partial charge in [0.2, 0.25) is 5.91 Å². The van der Waals surface area contributed by atoms with Crippen LogP contribution in [0, 0.1) is 0 Å². The number of thiophene rings is 1. The molecule has 0 aliphatic heterocycles. The van der Waals surface area contributed by atoms with Gasteiger partial charge in [-0.25, -0.2) is 0 Å². The Morgan fingerprint density at radius 2 is 2.26 bits per heavy atom. The monoisotopic (exact) mass is 285 g/mol. The molecular weight excluding hydrogens is 266 g/mol. The van der Waals surface area contributed by atoms with Crippen LogP contribution in [-0.4, -0.2) is 48.7 Å². The minimum absolute atomic E-state index is 0.129. The number of amides is 1. The number of carboxylic acid groups (broad SMARTS) is 1. The molecule has 0 unspecified atom stereocenters. The molecule has 0 aromatic carbocycles. The maximum absolute atomic E-state index is 11.9. The lowest BCUT2D eigenvalue weighted by molar-refractivity contribution is -0.144. The van der Waals surface area contributed by atoms with Gasteiger partial charge in [-0.15, -0.1) is 11.3 Å². The van der Waals surface area contributed by atoms with E-state index in [1.165, 1.54) is 16.9 Å². The number of hydrogen-bond acceptors (Lipinski definition) is 4. The summed E-state index contributed by atoms with van der Waals surface area (Å²) in [6.45, 7) is 0.409. The highest BCUT2D eigenvalue weighted by atomic mass is 32.1. The third-order valence-electron chi connectivity index (χ3n) is 2.64. The van der Waals surface area contributed by atoms with Gasteiger partial charge < -0.3 is 14.7 Å². The number of carbonyl (C=O) groups is 2. The van der Waals surface area contributed by atoms with Crippen molar-refractivity contribution in [2.75, 3.05) is 26.8 Å². The van der Waals surface area contributed by atoms with E-state index >= 15 is 0 Å². The number of carboxylic acids is 1. The molecule has 5 nitrogen and oxygen atoms in total. The van der Waals surface area contributed by atoms with Crippen LogP contribution >= 0.6 is 11.3 Å². The normalized spacial score (nSPS) is 10.4. The van der Waals surface area contributed by atoms with Gasteiger partial charge in [0.25, 0.3) is 0 Å². The van der Waals surface area contributed by atoms with Gasteiger partial charge in [0.1, 0.15) is 6.54 Å². The lowest BCUT2D eigenvalue weighted by atomic mass is 10.2. The average molecular weight is 285 g/mol. The minimum atomic E-state index is -0.997. The van der Waals surface area contributed by atoms with Gasteiger partial charge in [-0.2, -0.15) is 0 Å². The minimum Gasteiger partial charge on any atom is -0.480 e. The van der Waals surface area contributed by atoms with Crippen molar-refractivity contribution in [3.63, 3.8) is 0 Å². The molecule has 0 saturated heterocycles. The van der Waals surface area contributed by atoms with Crippen molar-refractivity contribution in [3.8, 4) is 0 Å². The van der Waals surface area contributed by atoms with Gasteiger partial charge in [0, 0.05) is 25.0 Å². The van der Waals surface area contributed by atoms with Crippen LogP contribution in [0.15, 0.2) is 17.5 Å². The van der Waals surface area contributed by atoms with E-state index in [0.717, 1.165) is 12.8 Å². The van der Waals surface area contributed by atoms with Crippen molar-refractivity contribution in [2.24, 2.45) is 0 Å². The van der Waals surface area contributed by atoms with Crippen LogP contribution in [0.3, 0.4) is 0 Å². The summed E-state index contributed by atoms with van der Waals surface area (Å²) in [5.74, 6) is -1.13. The molecule has 0 saturated carbocycles. The second-order valence-corrected chi connectivity index (χ2v) is 5.17. The maximum Gasteiger partial charge on any atom is 0.323 e. The maximum atomic E-state index is 11.9. The molecule has 0 spiro atoms. The van der Waals surface area contributed by atoms with E-state index in [-0.39, 0.29) is 12.5 Å². The van der Waals surface area contributed by atoms with Crippen LogP contribution in [0.2, 0.25) is 0 Å². The van der Waals surface area contributed by atoms with E-state index in [9.17, 15) is 9.59 Å². The van der Waals surface area contributed by atoms with Crippen LogP contribution < -0.4 is 0 Å². The lowest BCUT2D eigenvalue weighted by Crippen LogP contribution is -2.37. The molecule has 19 heavy (non-hydrogen) atoms. The number of methoxy groups -OCH3 is 1. The molecule has 1 N–H and O–H groups in total. The van der Waals surface area contributed by atoms with Crippen molar-refractivity contribution >= 4 is 23.2 Å². The molecule has 0 fully saturated rings. The number of carbonyl (C=O) groups excluding carboxylic acids is 1. The zero-order valence-electron chi connectivity index (χ0n) is 11.0. The summed E-state index contributed by atoms with van der Waals surface area (Å²) in [6, 6.07) is 4.02. The van der Waals surface area contributed by atoms with Gasteiger partial charge in [-0.1, -0.05) is 6.07 Å². The van der Waals surface area contributed by atoms with Gasteiger partial charge >= 0.3 is 5.97 Å². The highest BCUT2D eigenvalue weighted by Gasteiger charge is 2.15. The van der Waals surface area contributed by atoms with Crippen LogP contribution in [0.4, 0.5) is 0 Å².